The Morgan fingerprint density at radius 1 is 0.842 bits per heavy atom. The maximum Gasteiger partial charge on any atom is 0.134 e. The van der Waals surface area contributed by atoms with Crippen molar-refractivity contribution in [1.82, 2.24) is 0 Å². The van der Waals surface area contributed by atoms with Crippen LogP contribution in [-0.4, -0.2) is 7.11 Å². The van der Waals surface area contributed by atoms with E-state index < -0.39 is 0 Å². The highest BCUT2D eigenvalue weighted by Gasteiger charge is 2.01. The molecular weight excluding hydrogens is 436 g/mol. The summed E-state index contributed by atoms with van der Waals surface area (Å²) in [5.41, 5.74) is 1.78. The van der Waals surface area contributed by atoms with Crippen molar-refractivity contribution in [2.45, 2.75) is 0 Å². The second kappa shape index (κ2) is 6.60. The van der Waals surface area contributed by atoms with Crippen molar-refractivity contribution in [1.29, 1.82) is 0 Å². The Balaban J connectivity index is 2.44. The number of halogens is 3. The Bertz CT molecular complexity index is 669. The van der Waals surface area contributed by atoms with E-state index in [0.29, 0.717) is 0 Å². The standard InChI is InChI=1S/C15H9Br3O/c1-19-15-7-5-13(17)9-11(15)3-2-10-8-12(16)4-6-14(10)18/h4-9H,1H3. The number of hydrogen-bond acceptors (Lipinski definition) is 1. The maximum atomic E-state index is 5.30. The van der Waals surface area contributed by atoms with Gasteiger partial charge in [-0.3, -0.25) is 0 Å². The van der Waals surface area contributed by atoms with E-state index in [4.69, 9.17) is 4.74 Å². The van der Waals surface area contributed by atoms with Crippen LogP contribution in [0.25, 0.3) is 0 Å². The number of benzene rings is 2. The zero-order valence-electron chi connectivity index (χ0n) is 10.0. The third kappa shape index (κ3) is 3.85. The van der Waals surface area contributed by atoms with Crippen LogP contribution in [0.15, 0.2) is 49.8 Å². The van der Waals surface area contributed by atoms with E-state index in [-0.39, 0.29) is 0 Å². The molecule has 0 bridgehead atoms. The molecule has 0 spiro atoms. The Kier molecular flexibility index (Phi) is 5.09. The third-order valence-electron chi connectivity index (χ3n) is 2.42. The van der Waals surface area contributed by atoms with Gasteiger partial charge in [-0.25, -0.2) is 0 Å². The second-order valence-corrected chi connectivity index (χ2v) is 6.40. The summed E-state index contributed by atoms with van der Waals surface area (Å²) < 4.78 is 8.25. The molecule has 96 valence electrons. The molecular formula is C15H9Br3O. The van der Waals surface area contributed by atoms with Crippen molar-refractivity contribution >= 4 is 47.8 Å². The summed E-state index contributed by atoms with van der Waals surface area (Å²) in [6.07, 6.45) is 0. The zero-order valence-corrected chi connectivity index (χ0v) is 14.8. The predicted molar refractivity (Wildman–Crippen MR) is 88.5 cm³/mol. The fourth-order valence-corrected chi connectivity index (χ4v) is 2.57. The van der Waals surface area contributed by atoms with E-state index in [1.165, 1.54) is 0 Å². The molecule has 0 aliphatic heterocycles. The van der Waals surface area contributed by atoms with Crippen LogP contribution in [0.5, 0.6) is 5.75 Å². The molecule has 19 heavy (non-hydrogen) atoms. The Morgan fingerprint density at radius 3 is 2.11 bits per heavy atom. The van der Waals surface area contributed by atoms with Gasteiger partial charge < -0.3 is 4.74 Å². The van der Waals surface area contributed by atoms with Crippen molar-refractivity contribution in [2.75, 3.05) is 7.11 Å². The molecule has 4 heteroatoms. The molecule has 2 rings (SSSR count). The van der Waals surface area contributed by atoms with Gasteiger partial charge in [0, 0.05) is 19.0 Å². The first kappa shape index (κ1) is 14.6. The quantitative estimate of drug-likeness (QED) is 0.536. The van der Waals surface area contributed by atoms with Gasteiger partial charge in [0.15, 0.2) is 0 Å². The highest BCUT2D eigenvalue weighted by atomic mass is 79.9. The van der Waals surface area contributed by atoms with E-state index in [2.05, 4.69) is 59.6 Å². The largest absolute Gasteiger partial charge is 0.495 e. The molecule has 0 saturated heterocycles. The molecule has 2 aromatic rings. The Hall–Kier alpha value is -0.760. The zero-order chi connectivity index (χ0) is 13.8. The lowest BCUT2D eigenvalue weighted by Crippen LogP contribution is -1.87. The third-order valence-corrected chi connectivity index (χ3v) is 4.10. The summed E-state index contributed by atoms with van der Waals surface area (Å²) in [4.78, 5) is 0. The topological polar surface area (TPSA) is 9.23 Å². The van der Waals surface area contributed by atoms with Gasteiger partial charge >= 0.3 is 0 Å². The molecule has 0 aliphatic carbocycles. The van der Waals surface area contributed by atoms with Crippen LogP contribution in [-0.2, 0) is 0 Å². The average Bonchev–Trinajstić information content (AvgIpc) is 2.40. The van der Waals surface area contributed by atoms with Crippen LogP contribution in [0.4, 0.5) is 0 Å². The van der Waals surface area contributed by atoms with Crippen LogP contribution in [0.1, 0.15) is 11.1 Å². The molecule has 0 N–H and O–H groups in total. The average molecular weight is 445 g/mol. The summed E-state index contributed by atoms with van der Waals surface area (Å²) in [5, 5.41) is 0. The lowest BCUT2D eigenvalue weighted by Gasteiger charge is -2.03. The van der Waals surface area contributed by atoms with Crippen molar-refractivity contribution in [3.05, 3.63) is 60.9 Å². The highest BCUT2D eigenvalue weighted by Crippen LogP contribution is 2.23. The fourth-order valence-electron chi connectivity index (χ4n) is 1.51. The van der Waals surface area contributed by atoms with Gasteiger partial charge in [0.05, 0.1) is 12.7 Å². The SMILES string of the molecule is COc1ccc(Br)cc1C#Cc1cc(Br)ccc1Br. The molecule has 2 aromatic carbocycles. The minimum atomic E-state index is 0.766. The fraction of sp³-hybridized carbons (Fsp3) is 0.0667. The van der Waals surface area contributed by atoms with Crippen LogP contribution in [0.2, 0.25) is 0 Å². The lowest BCUT2D eigenvalue weighted by atomic mass is 10.1. The monoisotopic (exact) mass is 442 g/mol. The van der Waals surface area contributed by atoms with Gasteiger partial charge in [-0.15, -0.1) is 0 Å². The molecule has 0 aliphatic rings. The second-order valence-electron chi connectivity index (χ2n) is 3.72. The number of methoxy groups -OCH3 is 1. The molecule has 0 radical (unpaired) electrons. The van der Waals surface area contributed by atoms with Gasteiger partial charge in [0.1, 0.15) is 5.75 Å². The van der Waals surface area contributed by atoms with Gasteiger partial charge in [0.2, 0.25) is 0 Å². The van der Waals surface area contributed by atoms with Crippen molar-refractivity contribution < 1.29 is 4.74 Å². The minimum absolute atomic E-state index is 0.766. The summed E-state index contributed by atoms with van der Waals surface area (Å²) >= 11 is 10.4. The summed E-state index contributed by atoms with van der Waals surface area (Å²) in [6.45, 7) is 0. The van der Waals surface area contributed by atoms with Crippen LogP contribution < -0.4 is 4.74 Å². The van der Waals surface area contributed by atoms with Crippen molar-refractivity contribution in [3.8, 4) is 17.6 Å². The van der Waals surface area contributed by atoms with E-state index >= 15 is 0 Å². The molecule has 0 aromatic heterocycles. The lowest BCUT2D eigenvalue weighted by molar-refractivity contribution is 0.413. The number of hydrogen-bond donors (Lipinski definition) is 0. The van der Waals surface area contributed by atoms with Crippen molar-refractivity contribution in [3.63, 3.8) is 0 Å². The molecule has 0 fully saturated rings. The number of ether oxygens (including phenoxy) is 1. The Labute approximate surface area is 137 Å². The van der Waals surface area contributed by atoms with Gasteiger partial charge in [-0.2, -0.15) is 0 Å². The van der Waals surface area contributed by atoms with E-state index in [9.17, 15) is 0 Å². The summed E-state index contributed by atoms with van der Waals surface area (Å²) in [7, 11) is 1.64. The van der Waals surface area contributed by atoms with Gasteiger partial charge in [-0.05, 0) is 52.3 Å². The first-order valence-corrected chi connectivity index (χ1v) is 7.78. The molecule has 0 unspecified atom stereocenters. The van der Waals surface area contributed by atoms with Crippen LogP contribution in [0.3, 0.4) is 0 Å². The van der Waals surface area contributed by atoms with Gasteiger partial charge in [0.25, 0.3) is 0 Å². The summed E-state index contributed by atoms with van der Waals surface area (Å²) in [6, 6.07) is 11.7. The van der Waals surface area contributed by atoms with E-state index in [1.54, 1.807) is 7.11 Å². The first-order chi connectivity index (χ1) is 9.10. The molecule has 1 nitrogen and oxygen atoms in total. The molecule has 0 atom stereocenters. The van der Waals surface area contributed by atoms with Crippen molar-refractivity contribution in [2.24, 2.45) is 0 Å². The molecule has 0 amide bonds. The predicted octanol–water partition coefficient (Wildman–Crippen LogP) is 5.38. The molecule has 0 heterocycles. The van der Waals surface area contributed by atoms with Crippen LogP contribution >= 0.6 is 47.8 Å². The minimum Gasteiger partial charge on any atom is -0.495 e. The van der Waals surface area contributed by atoms with E-state index in [1.807, 2.05) is 36.4 Å². The first-order valence-electron chi connectivity index (χ1n) is 5.41. The summed E-state index contributed by atoms with van der Waals surface area (Å²) in [5.74, 6) is 7.04. The smallest absolute Gasteiger partial charge is 0.134 e. The highest BCUT2D eigenvalue weighted by molar-refractivity contribution is 9.11. The molecule has 0 saturated carbocycles. The normalized spacial score (nSPS) is 9.68. The van der Waals surface area contributed by atoms with Gasteiger partial charge in [-0.1, -0.05) is 43.7 Å². The van der Waals surface area contributed by atoms with Crippen LogP contribution in [0, 0.1) is 11.8 Å². The Morgan fingerprint density at radius 2 is 1.42 bits per heavy atom. The number of rotatable bonds is 1. The van der Waals surface area contributed by atoms with E-state index in [0.717, 1.165) is 30.3 Å². The maximum absolute atomic E-state index is 5.30.